The van der Waals surface area contributed by atoms with Gasteiger partial charge in [0.25, 0.3) is 0 Å². The van der Waals surface area contributed by atoms with Gasteiger partial charge in [0.15, 0.2) is 6.29 Å². The Morgan fingerprint density at radius 2 is 1.35 bits per heavy atom. The minimum Gasteiger partial charge on any atom is -0.459 e. The molecule has 31 heavy (non-hydrogen) atoms. The van der Waals surface area contributed by atoms with Crippen molar-refractivity contribution >= 4 is 5.97 Å². The molecule has 0 heterocycles. The van der Waals surface area contributed by atoms with Gasteiger partial charge in [-0.15, -0.1) is 0 Å². The summed E-state index contributed by atoms with van der Waals surface area (Å²) in [6.45, 7) is 7.65. The van der Waals surface area contributed by atoms with Crippen molar-refractivity contribution in [2.75, 3.05) is 13.2 Å². The Bertz CT molecular complexity index is 531. The molecule has 0 N–H and O–H groups in total. The van der Waals surface area contributed by atoms with Crippen LogP contribution < -0.4 is 0 Å². The molecule has 1 rings (SSSR count). The summed E-state index contributed by atoms with van der Waals surface area (Å²) < 4.78 is 16.8. The Morgan fingerprint density at radius 3 is 1.97 bits per heavy atom. The third kappa shape index (κ3) is 15.1. The van der Waals surface area contributed by atoms with Crippen molar-refractivity contribution in [2.24, 2.45) is 0 Å². The zero-order chi connectivity index (χ0) is 22.6. The zero-order valence-electron chi connectivity index (χ0n) is 20.3. The highest BCUT2D eigenvalue weighted by Crippen LogP contribution is 2.18. The number of hydrogen-bond acceptors (Lipinski definition) is 4. The second-order valence-electron chi connectivity index (χ2n) is 8.40. The summed E-state index contributed by atoms with van der Waals surface area (Å²) in [5.41, 5.74) is 0.653. The van der Waals surface area contributed by atoms with E-state index >= 15 is 0 Å². The maximum atomic E-state index is 12.4. The lowest BCUT2D eigenvalue weighted by Crippen LogP contribution is -2.18. The molecule has 0 radical (unpaired) electrons. The first-order valence-corrected chi connectivity index (χ1v) is 12.7. The van der Waals surface area contributed by atoms with E-state index in [9.17, 15) is 4.79 Å². The van der Waals surface area contributed by atoms with Crippen LogP contribution in [0.5, 0.6) is 0 Å². The monoisotopic (exact) mass is 434 g/mol. The maximum absolute atomic E-state index is 12.4. The predicted octanol–water partition coefficient (Wildman–Crippen LogP) is 7.70. The summed E-state index contributed by atoms with van der Waals surface area (Å²) in [6, 6.07) is 9.36. The number of carbonyl (C=O) groups is 1. The molecule has 178 valence electrons. The molecule has 1 unspecified atom stereocenters. The second kappa shape index (κ2) is 19.3. The fourth-order valence-corrected chi connectivity index (χ4v) is 3.74. The van der Waals surface area contributed by atoms with E-state index in [0.29, 0.717) is 12.2 Å². The van der Waals surface area contributed by atoms with E-state index in [1.54, 1.807) is 0 Å². The van der Waals surface area contributed by atoms with Crippen molar-refractivity contribution in [1.29, 1.82) is 0 Å². The topological polar surface area (TPSA) is 44.8 Å². The molecule has 0 saturated heterocycles. The number of rotatable bonds is 20. The average Bonchev–Trinajstić information content (AvgIpc) is 2.78. The Balaban J connectivity index is 2.10. The van der Waals surface area contributed by atoms with Crippen LogP contribution in [0.4, 0.5) is 0 Å². The first-order valence-electron chi connectivity index (χ1n) is 12.7. The largest absolute Gasteiger partial charge is 0.459 e. The Labute approximate surface area is 191 Å². The molecule has 0 fully saturated rings. The predicted molar refractivity (Wildman–Crippen MR) is 128 cm³/mol. The van der Waals surface area contributed by atoms with Crippen molar-refractivity contribution in [3.05, 3.63) is 35.9 Å². The summed E-state index contributed by atoms with van der Waals surface area (Å²) in [6.07, 6.45) is 15.3. The van der Waals surface area contributed by atoms with Crippen molar-refractivity contribution in [1.82, 2.24) is 0 Å². The first kappa shape index (κ1) is 27.6. The van der Waals surface area contributed by atoms with Gasteiger partial charge >= 0.3 is 5.97 Å². The molecule has 1 aromatic carbocycles. The van der Waals surface area contributed by atoms with E-state index in [4.69, 9.17) is 14.2 Å². The Kier molecular flexibility index (Phi) is 17.2. The van der Waals surface area contributed by atoms with E-state index in [0.717, 1.165) is 38.7 Å². The molecule has 0 aliphatic heterocycles. The highest BCUT2D eigenvalue weighted by Gasteiger charge is 2.15. The van der Waals surface area contributed by atoms with E-state index in [1.807, 2.05) is 44.2 Å². The number of unbranched alkanes of at least 4 members (excludes halogenated alkanes) is 9. The van der Waals surface area contributed by atoms with Crippen LogP contribution in [0.1, 0.15) is 115 Å². The molecule has 1 aromatic rings. The van der Waals surface area contributed by atoms with Crippen LogP contribution >= 0.6 is 0 Å². The molecule has 4 heteroatoms. The van der Waals surface area contributed by atoms with Gasteiger partial charge in [0.05, 0.1) is 5.56 Å². The Hall–Kier alpha value is -1.39. The molecule has 0 spiro atoms. The van der Waals surface area contributed by atoms with Crippen LogP contribution in [-0.4, -0.2) is 31.6 Å². The molecular weight excluding hydrogens is 388 g/mol. The van der Waals surface area contributed by atoms with Gasteiger partial charge in [0.1, 0.15) is 6.10 Å². The first-order chi connectivity index (χ1) is 15.2. The van der Waals surface area contributed by atoms with E-state index in [2.05, 4.69) is 6.92 Å². The Morgan fingerprint density at radius 1 is 0.774 bits per heavy atom. The van der Waals surface area contributed by atoms with Crippen LogP contribution in [0.3, 0.4) is 0 Å². The fourth-order valence-electron chi connectivity index (χ4n) is 3.74. The molecule has 0 aliphatic rings. The lowest BCUT2D eigenvalue weighted by atomic mass is 10.0. The molecule has 0 aromatic heterocycles. The minimum atomic E-state index is -0.179. The van der Waals surface area contributed by atoms with Crippen molar-refractivity contribution in [2.45, 2.75) is 117 Å². The lowest BCUT2D eigenvalue weighted by Gasteiger charge is -2.18. The summed E-state index contributed by atoms with van der Waals surface area (Å²) in [5, 5.41) is 0. The molecule has 0 aliphatic carbocycles. The smallest absolute Gasteiger partial charge is 0.338 e. The van der Waals surface area contributed by atoms with Crippen molar-refractivity contribution in [3.63, 3.8) is 0 Å². The van der Waals surface area contributed by atoms with Gasteiger partial charge in [-0.05, 0) is 58.1 Å². The van der Waals surface area contributed by atoms with Gasteiger partial charge in [-0.25, -0.2) is 4.79 Å². The lowest BCUT2D eigenvalue weighted by molar-refractivity contribution is -0.127. The summed E-state index contributed by atoms with van der Waals surface area (Å²) in [7, 11) is 0. The van der Waals surface area contributed by atoms with Crippen LogP contribution in [-0.2, 0) is 14.2 Å². The van der Waals surface area contributed by atoms with Crippen molar-refractivity contribution < 1.29 is 19.0 Å². The summed E-state index contributed by atoms with van der Waals surface area (Å²) >= 11 is 0. The molecular formula is C27H46O4. The summed E-state index contributed by atoms with van der Waals surface area (Å²) in [4.78, 5) is 12.4. The highest BCUT2D eigenvalue weighted by atomic mass is 16.7. The molecule has 0 bridgehead atoms. The zero-order valence-corrected chi connectivity index (χ0v) is 20.3. The highest BCUT2D eigenvalue weighted by molar-refractivity contribution is 5.89. The molecule has 2 atom stereocenters. The number of benzene rings is 1. The quantitative estimate of drug-likeness (QED) is 0.120. The van der Waals surface area contributed by atoms with Crippen LogP contribution in [0.15, 0.2) is 30.3 Å². The maximum Gasteiger partial charge on any atom is 0.338 e. The average molecular weight is 435 g/mol. The van der Waals surface area contributed by atoms with Gasteiger partial charge in [-0.3, -0.25) is 0 Å². The standard InChI is InChI=1S/C27H46O4/c1-4-6-14-21-26(31-27(28)25-19-15-13-16-20-25)22-17-11-9-7-8-10-12-18-23-30-24(3)29-5-2/h13,15-16,19-20,24,26H,4-12,14,17-18,21-23H2,1-3H3/t24?,26-/m1/s1. The van der Waals surface area contributed by atoms with Crippen LogP contribution in [0.25, 0.3) is 0 Å². The van der Waals surface area contributed by atoms with Crippen LogP contribution in [0, 0.1) is 0 Å². The van der Waals surface area contributed by atoms with E-state index in [-0.39, 0.29) is 18.4 Å². The van der Waals surface area contributed by atoms with E-state index in [1.165, 1.54) is 51.4 Å². The fraction of sp³-hybridized carbons (Fsp3) is 0.741. The van der Waals surface area contributed by atoms with Gasteiger partial charge in [-0.1, -0.05) is 76.5 Å². The number of hydrogen-bond donors (Lipinski definition) is 0. The number of carbonyl (C=O) groups excluding carboxylic acids is 1. The van der Waals surface area contributed by atoms with Crippen LogP contribution in [0.2, 0.25) is 0 Å². The van der Waals surface area contributed by atoms with Gasteiger partial charge in [0, 0.05) is 13.2 Å². The SMILES string of the molecule is CCCCC[C@H](CCCCCCCCCCOC(C)OCC)OC(=O)c1ccccc1. The molecule has 0 amide bonds. The van der Waals surface area contributed by atoms with E-state index < -0.39 is 0 Å². The van der Waals surface area contributed by atoms with Crippen molar-refractivity contribution in [3.8, 4) is 0 Å². The summed E-state index contributed by atoms with van der Waals surface area (Å²) in [5.74, 6) is -0.179. The number of ether oxygens (including phenoxy) is 3. The third-order valence-corrected chi connectivity index (χ3v) is 5.59. The minimum absolute atomic E-state index is 0.0540. The molecule has 0 saturated carbocycles. The van der Waals surface area contributed by atoms with Gasteiger partial charge in [-0.2, -0.15) is 0 Å². The van der Waals surface area contributed by atoms with Gasteiger partial charge in [0.2, 0.25) is 0 Å². The number of esters is 1. The molecule has 4 nitrogen and oxygen atoms in total. The second-order valence-corrected chi connectivity index (χ2v) is 8.40. The normalized spacial score (nSPS) is 13.1. The third-order valence-electron chi connectivity index (χ3n) is 5.59. The van der Waals surface area contributed by atoms with Gasteiger partial charge < -0.3 is 14.2 Å².